The van der Waals surface area contributed by atoms with Gasteiger partial charge in [-0.25, -0.2) is 0 Å². The van der Waals surface area contributed by atoms with Gasteiger partial charge in [0, 0.05) is 43.6 Å². The van der Waals surface area contributed by atoms with E-state index in [2.05, 4.69) is 202 Å². The fourth-order valence-corrected chi connectivity index (χ4v) is 8.52. The highest BCUT2D eigenvalue weighted by atomic mass is 15.1. The Morgan fingerprint density at radius 1 is 0.275 bits per heavy atom. The van der Waals surface area contributed by atoms with Crippen LogP contribution in [0.5, 0.6) is 0 Å². The molecular formula is C48H31N3. The second-order valence-electron chi connectivity index (χ2n) is 13.3. The van der Waals surface area contributed by atoms with Crippen molar-refractivity contribution in [3.63, 3.8) is 0 Å². The Morgan fingerprint density at radius 3 is 1.37 bits per heavy atom. The summed E-state index contributed by atoms with van der Waals surface area (Å²) in [5.74, 6) is 0. The van der Waals surface area contributed by atoms with Crippen molar-refractivity contribution < 1.29 is 0 Å². The topological polar surface area (TPSA) is 14.8 Å². The third-order valence-electron chi connectivity index (χ3n) is 10.6. The van der Waals surface area contributed by atoms with Gasteiger partial charge in [-0.05, 0) is 54.1 Å². The summed E-state index contributed by atoms with van der Waals surface area (Å²) < 4.78 is 7.39. The summed E-state index contributed by atoms with van der Waals surface area (Å²) in [6, 6.07) is 68.4. The second kappa shape index (κ2) is 10.8. The van der Waals surface area contributed by atoms with E-state index >= 15 is 0 Å². The van der Waals surface area contributed by atoms with Gasteiger partial charge in [0.2, 0.25) is 0 Å². The minimum absolute atomic E-state index is 1.13. The van der Waals surface area contributed by atoms with E-state index in [9.17, 15) is 0 Å². The number of benzene rings is 8. The van der Waals surface area contributed by atoms with Gasteiger partial charge >= 0.3 is 0 Å². The second-order valence-corrected chi connectivity index (χ2v) is 13.3. The third-order valence-corrected chi connectivity index (χ3v) is 10.6. The molecule has 0 radical (unpaired) electrons. The van der Waals surface area contributed by atoms with Gasteiger partial charge in [0.05, 0.1) is 44.5 Å². The minimum atomic E-state index is 1.13. The fraction of sp³-hybridized carbons (Fsp3) is 0. The summed E-state index contributed by atoms with van der Waals surface area (Å²) in [6.45, 7) is 0. The molecule has 11 aromatic rings. The molecule has 0 amide bonds. The summed E-state index contributed by atoms with van der Waals surface area (Å²) in [6.07, 6.45) is 0. The molecule has 0 saturated heterocycles. The van der Waals surface area contributed by atoms with Crippen LogP contribution in [0.25, 0.3) is 93.6 Å². The molecule has 0 bridgehead atoms. The Bertz CT molecular complexity index is 3080. The SMILES string of the molecule is c1ccc(-c2ccccc2-n2c3ccccc3c3ccc(-n4c5ccccc5c5cccc(-n6c7ccccc7c7ccccc76)c54)cc32)cc1. The molecule has 3 heterocycles. The summed E-state index contributed by atoms with van der Waals surface area (Å²) >= 11 is 0. The largest absolute Gasteiger partial charge is 0.309 e. The van der Waals surface area contributed by atoms with Crippen molar-refractivity contribution in [2.75, 3.05) is 0 Å². The van der Waals surface area contributed by atoms with Crippen LogP contribution in [0, 0.1) is 0 Å². The predicted octanol–water partition coefficient (Wildman–Crippen LogP) is 12.6. The van der Waals surface area contributed by atoms with Crippen LogP contribution >= 0.6 is 0 Å². The number of hydrogen-bond acceptors (Lipinski definition) is 0. The lowest BCUT2D eigenvalue weighted by Crippen LogP contribution is -2.01. The molecule has 238 valence electrons. The molecule has 8 aromatic carbocycles. The van der Waals surface area contributed by atoms with Gasteiger partial charge in [0.15, 0.2) is 0 Å². The molecule has 3 heteroatoms. The van der Waals surface area contributed by atoms with Gasteiger partial charge in [0.1, 0.15) is 0 Å². The van der Waals surface area contributed by atoms with E-state index in [1.165, 1.54) is 82.2 Å². The molecule has 0 aliphatic heterocycles. The molecule has 11 rings (SSSR count). The van der Waals surface area contributed by atoms with E-state index in [4.69, 9.17) is 0 Å². The van der Waals surface area contributed by atoms with Crippen LogP contribution in [0.1, 0.15) is 0 Å². The number of nitrogens with zero attached hydrogens (tertiary/aromatic N) is 3. The minimum Gasteiger partial charge on any atom is -0.309 e. The van der Waals surface area contributed by atoms with Crippen LogP contribution in [-0.4, -0.2) is 13.7 Å². The highest BCUT2D eigenvalue weighted by Gasteiger charge is 2.21. The van der Waals surface area contributed by atoms with E-state index in [-0.39, 0.29) is 0 Å². The molecule has 0 aliphatic carbocycles. The Balaban J connectivity index is 1.26. The van der Waals surface area contributed by atoms with Crippen molar-refractivity contribution in [2.45, 2.75) is 0 Å². The standard InChI is InChI=1S/C48H31N3/c1-2-15-32(16-3-1)34-17-4-9-23-41(34)51-45-27-13-7-20-37(45)39-30-29-33(31-47(39)51)49-42-24-10-8-21-38(42)40-22-14-28-46(48(40)49)50-43-25-11-5-18-35(43)36-19-6-12-26-44(36)50/h1-31H. The summed E-state index contributed by atoms with van der Waals surface area (Å²) in [5, 5.41) is 7.48. The van der Waals surface area contributed by atoms with Crippen molar-refractivity contribution >= 4 is 65.4 Å². The van der Waals surface area contributed by atoms with Gasteiger partial charge in [-0.15, -0.1) is 0 Å². The van der Waals surface area contributed by atoms with Gasteiger partial charge in [-0.2, -0.15) is 0 Å². The van der Waals surface area contributed by atoms with Crippen molar-refractivity contribution in [2.24, 2.45) is 0 Å². The Kier molecular flexibility index (Phi) is 5.96. The first-order valence-corrected chi connectivity index (χ1v) is 17.5. The predicted molar refractivity (Wildman–Crippen MR) is 215 cm³/mol. The van der Waals surface area contributed by atoms with E-state index in [1.807, 2.05) is 0 Å². The lowest BCUT2D eigenvalue weighted by Gasteiger charge is -2.16. The number of para-hydroxylation sites is 6. The zero-order valence-corrected chi connectivity index (χ0v) is 27.7. The quantitative estimate of drug-likeness (QED) is 0.180. The van der Waals surface area contributed by atoms with Crippen LogP contribution in [0.15, 0.2) is 188 Å². The number of aromatic nitrogens is 3. The number of hydrogen-bond donors (Lipinski definition) is 0. The first-order chi connectivity index (χ1) is 25.3. The molecule has 0 fully saturated rings. The molecule has 3 nitrogen and oxygen atoms in total. The molecule has 3 aromatic heterocycles. The van der Waals surface area contributed by atoms with Crippen molar-refractivity contribution in [3.8, 4) is 28.2 Å². The monoisotopic (exact) mass is 649 g/mol. The average molecular weight is 650 g/mol. The summed E-state index contributed by atoms with van der Waals surface area (Å²) in [4.78, 5) is 0. The Morgan fingerprint density at radius 2 is 0.725 bits per heavy atom. The Hall–Kier alpha value is -6.84. The van der Waals surface area contributed by atoms with Crippen molar-refractivity contribution in [1.82, 2.24) is 13.7 Å². The molecular weight excluding hydrogens is 619 g/mol. The van der Waals surface area contributed by atoms with Crippen LogP contribution in [0.3, 0.4) is 0 Å². The average Bonchev–Trinajstić information content (AvgIpc) is 3.84. The van der Waals surface area contributed by atoms with Crippen LogP contribution < -0.4 is 0 Å². The highest BCUT2D eigenvalue weighted by molar-refractivity contribution is 6.16. The fourth-order valence-electron chi connectivity index (χ4n) is 8.52. The van der Waals surface area contributed by atoms with Gasteiger partial charge in [0.25, 0.3) is 0 Å². The van der Waals surface area contributed by atoms with E-state index in [0.717, 1.165) is 11.4 Å². The summed E-state index contributed by atoms with van der Waals surface area (Å²) in [5.41, 5.74) is 13.0. The first kappa shape index (κ1) is 28.0. The smallest absolute Gasteiger partial charge is 0.0782 e. The van der Waals surface area contributed by atoms with Crippen LogP contribution in [-0.2, 0) is 0 Å². The molecule has 0 unspecified atom stereocenters. The summed E-state index contributed by atoms with van der Waals surface area (Å²) in [7, 11) is 0. The number of rotatable bonds is 4. The van der Waals surface area contributed by atoms with Crippen molar-refractivity contribution in [3.05, 3.63) is 188 Å². The highest BCUT2D eigenvalue weighted by Crippen LogP contribution is 2.42. The zero-order chi connectivity index (χ0) is 33.5. The molecule has 0 aliphatic rings. The lowest BCUT2D eigenvalue weighted by molar-refractivity contribution is 1.13. The molecule has 0 N–H and O–H groups in total. The van der Waals surface area contributed by atoms with Crippen LogP contribution in [0.2, 0.25) is 0 Å². The maximum absolute atomic E-state index is 2.48. The molecule has 0 spiro atoms. The van der Waals surface area contributed by atoms with Gasteiger partial charge < -0.3 is 13.7 Å². The van der Waals surface area contributed by atoms with E-state index in [0.29, 0.717) is 0 Å². The maximum atomic E-state index is 2.48. The molecule has 0 atom stereocenters. The number of fused-ring (bicyclic) bond motifs is 9. The van der Waals surface area contributed by atoms with E-state index < -0.39 is 0 Å². The normalized spacial score (nSPS) is 11.9. The van der Waals surface area contributed by atoms with E-state index in [1.54, 1.807) is 0 Å². The molecule has 51 heavy (non-hydrogen) atoms. The first-order valence-electron chi connectivity index (χ1n) is 17.5. The van der Waals surface area contributed by atoms with Crippen LogP contribution in [0.4, 0.5) is 0 Å². The van der Waals surface area contributed by atoms with Crippen molar-refractivity contribution in [1.29, 1.82) is 0 Å². The molecule has 0 saturated carbocycles. The Labute approximate surface area is 294 Å². The van der Waals surface area contributed by atoms with Gasteiger partial charge in [-0.3, -0.25) is 0 Å². The zero-order valence-electron chi connectivity index (χ0n) is 27.7. The third kappa shape index (κ3) is 4.00. The maximum Gasteiger partial charge on any atom is 0.0782 e. The van der Waals surface area contributed by atoms with Gasteiger partial charge in [-0.1, -0.05) is 140 Å². The lowest BCUT2D eigenvalue weighted by atomic mass is 10.0.